The van der Waals surface area contributed by atoms with Crippen LogP contribution in [0.3, 0.4) is 0 Å². The van der Waals surface area contributed by atoms with Gasteiger partial charge in [0.2, 0.25) is 0 Å². The maximum Gasteiger partial charge on any atom is 0.159 e. The molecule has 118 valence electrons. The standard InChI is InChI=1S/C17H23N3OS/c1-2-15-17(18-6-1)20(11-13-3-7-21-8-4-13)16(19-15)10-14-5-9-22-12-14/h1-2,6,13-14H,3-5,7-12H2. The first-order valence-electron chi connectivity index (χ1n) is 8.36. The van der Waals surface area contributed by atoms with Gasteiger partial charge in [0, 0.05) is 32.4 Å². The van der Waals surface area contributed by atoms with Crippen molar-refractivity contribution in [3.8, 4) is 0 Å². The molecule has 2 aliphatic rings. The molecule has 22 heavy (non-hydrogen) atoms. The number of imidazole rings is 1. The van der Waals surface area contributed by atoms with Crippen molar-refractivity contribution in [2.24, 2.45) is 11.8 Å². The van der Waals surface area contributed by atoms with Gasteiger partial charge in [0.05, 0.1) is 0 Å². The van der Waals surface area contributed by atoms with E-state index >= 15 is 0 Å². The molecule has 0 aliphatic carbocycles. The number of rotatable bonds is 4. The molecule has 0 N–H and O–H groups in total. The van der Waals surface area contributed by atoms with Crippen LogP contribution in [0.5, 0.6) is 0 Å². The fraction of sp³-hybridized carbons (Fsp3) is 0.647. The van der Waals surface area contributed by atoms with E-state index in [4.69, 9.17) is 9.72 Å². The lowest BCUT2D eigenvalue weighted by atomic mass is 10.00. The van der Waals surface area contributed by atoms with Gasteiger partial charge in [0.25, 0.3) is 0 Å². The SMILES string of the molecule is c1cnc2c(c1)nc(CC1CCSC1)n2CC1CCOCC1. The maximum absolute atomic E-state index is 5.50. The van der Waals surface area contributed by atoms with Gasteiger partial charge in [0.1, 0.15) is 11.3 Å². The zero-order valence-electron chi connectivity index (χ0n) is 12.9. The number of pyridine rings is 1. The number of hydrogen-bond donors (Lipinski definition) is 0. The van der Waals surface area contributed by atoms with Crippen molar-refractivity contribution in [1.29, 1.82) is 0 Å². The van der Waals surface area contributed by atoms with Gasteiger partial charge >= 0.3 is 0 Å². The second-order valence-electron chi connectivity index (χ2n) is 6.47. The number of fused-ring (bicyclic) bond motifs is 1. The summed E-state index contributed by atoms with van der Waals surface area (Å²) in [6.07, 6.45) is 6.64. The predicted octanol–water partition coefficient (Wildman–Crippen LogP) is 3.15. The first kappa shape index (κ1) is 14.5. The minimum atomic E-state index is 0.699. The van der Waals surface area contributed by atoms with E-state index in [2.05, 4.69) is 27.4 Å². The van der Waals surface area contributed by atoms with Crippen molar-refractivity contribution in [3.05, 3.63) is 24.2 Å². The summed E-state index contributed by atoms with van der Waals surface area (Å²) in [6.45, 7) is 2.85. The normalized spacial score (nSPS) is 23.4. The summed E-state index contributed by atoms with van der Waals surface area (Å²) < 4.78 is 7.90. The minimum absolute atomic E-state index is 0.699. The molecule has 4 rings (SSSR count). The summed E-state index contributed by atoms with van der Waals surface area (Å²) in [5.74, 6) is 5.32. The Balaban J connectivity index is 1.63. The number of thioether (sulfide) groups is 1. The quantitative estimate of drug-likeness (QED) is 0.868. The smallest absolute Gasteiger partial charge is 0.159 e. The van der Waals surface area contributed by atoms with Gasteiger partial charge in [-0.2, -0.15) is 11.8 Å². The van der Waals surface area contributed by atoms with Gasteiger partial charge in [-0.3, -0.25) is 0 Å². The Kier molecular flexibility index (Phi) is 4.35. The molecule has 0 amide bonds. The summed E-state index contributed by atoms with van der Waals surface area (Å²) in [6, 6.07) is 4.08. The highest BCUT2D eigenvalue weighted by Crippen LogP contribution is 2.28. The summed E-state index contributed by atoms with van der Waals surface area (Å²) in [4.78, 5) is 9.51. The lowest BCUT2D eigenvalue weighted by Gasteiger charge is -2.23. The Morgan fingerprint density at radius 1 is 1.23 bits per heavy atom. The van der Waals surface area contributed by atoms with E-state index in [9.17, 15) is 0 Å². The molecule has 1 atom stereocenters. The van der Waals surface area contributed by atoms with Crippen LogP contribution in [0, 0.1) is 11.8 Å². The average Bonchev–Trinajstić information content (AvgIpc) is 3.18. The van der Waals surface area contributed by atoms with Gasteiger partial charge in [-0.1, -0.05) is 0 Å². The first-order chi connectivity index (χ1) is 10.9. The lowest BCUT2D eigenvalue weighted by Crippen LogP contribution is -2.22. The first-order valence-corrected chi connectivity index (χ1v) is 9.51. The monoisotopic (exact) mass is 317 g/mol. The highest BCUT2D eigenvalue weighted by molar-refractivity contribution is 7.99. The van der Waals surface area contributed by atoms with Gasteiger partial charge in [0.15, 0.2) is 5.65 Å². The molecule has 2 aromatic heterocycles. The van der Waals surface area contributed by atoms with Crippen molar-refractivity contribution in [2.45, 2.75) is 32.2 Å². The van der Waals surface area contributed by atoms with Crippen LogP contribution in [0.2, 0.25) is 0 Å². The van der Waals surface area contributed by atoms with E-state index in [0.29, 0.717) is 5.92 Å². The number of ether oxygens (including phenoxy) is 1. The lowest BCUT2D eigenvalue weighted by molar-refractivity contribution is 0.0612. The third kappa shape index (κ3) is 3.01. The summed E-state index contributed by atoms with van der Waals surface area (Å²) in [5.41, 5.74) is 2.12. The third-order valence-electron chi connectivity index (χ3n) is 4.86. The number of aromatic nitrogens is 3. The van der Waals surface area contributed by atoms with Crippen molar-refractivity contribution in [2.75, 3.05) is 24.7 Å². The van der Waals surface area contributed by atoms with Gasteiger partial charge in [-0.25, -0.2) is 9.97 Å². The Morgan fingerprint density at radius 3 is 2.95 bits per heavy atom. The van der Waals surface area contributed by atoms with Crippen molar-refractivity contribution in [1.82, 2.24) is 14.5 Å². The molecule has 0 spiro atoms. The summed E-state index contributed by atoms with van der Waals surface area (Å²) in [7, 11) is 0. The van der Waals surface area contributed by atoms with Crippen LogP contribution in [-0.2, 0) is 17.7 Å². The van der Waals surface area contributed by atoms with Crippen LogP contribution in [0.1, 0.15) is 25.1 Å². The van der Waals surface area contributed by atoms with E-state index in [1.807, 2.05) is 12.3 Å². The Bertz CT molecular complexity index is 630. The zero-order valence-corrected chi connectivity index (χ0v) is 13.7. The van der Waals surface area contributed by atoms with Gasteiger partial charge in [-0.05, 0) is 54.7 Å². The molecular formula is C17H23N3OS. The van der Waals surface area contributed by atoms with Crippen LogP contribution < -0.4 is 0 Å². The molecular weight excluding hydrogens is 294 g/mol. The molecule has 0 radical (unpaired) electrons. The molecule has 5 heteroatoms. The van der Waals surface area contributed by atoms with E-state index in [1.165, 1.54) is 23.8 Å². The average molecular weight is 317 g/mol. The molecule has 2 aromatic rings. The Labute approximate surface area is 135 Å². The molecule has 2 fully saturated rings. The van der Waals surface area contributed by atoms with Crippen LogP contribution in [0.15, 0.2) is 18.3 Å². The van der Waals surface area contributed by atoms with E-state index < -0.39 is 0 Å². The minimum Gasteiger partial charge on any atom is -0.381 e. The third-order valence-corrected chi connectivity index (χ3v) is 6.09. The van der Waals surface area contributed by atoms with Gasteiger partial charge < -0.3 is 9.30 Å². The fourth-order valence-corrected chi connectivity index (χ4v) is 4.83. The molecule has 4 nitrogen and oxygen atoms in total. The molecule has 2 aliphatic heterocycles. The second-order valence-corrected chi connectivity index (χ2v) is 7.62. The molecule has 0 aromatic carbocycles. The highest BCUT2D eigenvalue weighted by atomic mass is 32.2. The number of hydrogen-bond acceptors (Lipinski definition) is 4. The largest absolute Gasteiger partial charge is 0.381 e. The molecule has 0 saturated carbocycles. The van der Waals surface area contributed by atoms with Crippen molar-refractivity contribution < 1.29 is 4.74 Å². The summed E-state index contributed by atoms with van der Waals surface area (Å²) >= 11 is 2.08. The Hall–Kier alpha value is -1.07. The molecule has 2 saturated heterocycles. The van der Waals surface area contributed by atoms with E-state index in [0.717, 1.165) is 56.1 Å². The second kappa shape index (κ2) is 6.59. The van der Waals surface area contributed by atoms with E-state index in [1.54, 1.807) is 0 Å². The summed E-state index contributed by atoms with van der Waals surface area (Å²) in [5, 5.41) is 0. The topological polar surface area (TPSA) is 39.9 Å². The zero-order chi connectivity index (χ0) is 14.8. The van der Waals surface area contributed by atoms with Crippen LogP contribution >= 0.6 is 11.8 Å². The van der Waals surface area contributed by atoms with Crippen molar-refractivity contribution in [3.63, 3.8) is 0 Å². The molecule has 4 heterocycles. The molecule has 0 bridgehead atoms. The van der Waals surface area contributed by atoms with Crippen LogP contribution in [-0.4, -0.2) is 39.3 Å². The maximum atomic E-state index is 5.50. The van der Waals surface area contributed by atoms with Gasteiger partial charge in [-0.15, -0.1) is 0 Å². The Morgan fingerprint density at radius 2 is 2.14 bits per heavy atom. The molecule has 1 unspecified atom stereocenters. The predicted molar refractivity (Wildman–Crippen MR) is 90.2 cm³/mol. The van der Waals surface area contributed by atoms with Crippen LogP contribution in [0.4, 0.5) is 0 Å². The van der Waals surface area contributed by atoms with Crippen molar-refractivity contribution >= 4 is 22.9 Å². The number of nitrogens with zero attached hydrogens (tertiary/aromatic N) is 3. The van der Waals surface area contributed by atoms with Crippen LogP contribution in [0.25, 0.3) is 11.2 Å². The highest BCUT2D eigenvalue weighted by Gasteiger charge is 2.22. The van der Waals surface area contributed by atoms with E-state index in [-0.39, 0.29) is 0 Å². The fourth-order valence-electron chi connectivity index (χ4n) is 3.54.